The van der Waals surface area contributed by atoms with E-state index in [1.807, 2.05) is 18.1 Å². The third kappa shape index (κ3) is 3.25. The Hall–Kier alpha value is -1.14. The van der Waals surface area contributed by atoms with Crippen molar-refractivity contribution in [3.8, 4) is 0 Å². The average molecular weight is 326 g/mol. The van der Waals surface area contributed by atoms with Crippen molar-refractivity contribution in [2.45, 2.75) is 33.4 Å². The van der Waals surface area contributed by atoms with E-state index >= 15 is 0 Å². The van der Waals surface area contributed by atoms with E-state index in [0.29, 0.717) is 0 Å². The summed E-state index contributed by atoms with van der Waals surface area (Å²) in [7, 11) is 1.98. The van der Waals surface area contributed by atoms with Crippen LogP contribution < -0.4 is 5.32 Å². The Labute approximate surface area is 122 Å². The number of aromatic nitrogens is 4. The Kier molecular flexibility index (Phi) is 4.76. The fraction of sp³-hybridized carbons (Fsp3) is 0.538. The highest BCUT2D eigenvalue weighted by Gasteiger charge is 2.12. The van der Waals surface area contributed by atoms with Gasteiger partial charge in [0.15, 0.2) is 0 Å². The van der Waals surface area contributed by atoms with Crippen LogP contribution in [-0.2, 0) is 26.6 Å². The maximum atomic E-state index is 4.50. The second-order valence-corrected chi connectivity index (χ2v) is 5.30. The highest BCUT2D eigenvalue weighted by molar-refractivity contribution is 9.10. The molecule has 0 spiro atoms. The molecular weight excluding hydrogens is 306 g/mol. The van der Waals surface area contributed by atoms with Crippen LogP contribution in [0.2, 0.25) is 0 Å². The first-order valence-electron chi connectivity index (χ1n) is 6.57. The standard InChI is InChI=1S/C13H20BrN5/c1-4-11-13(14)12(18(3)17-11)8-19-7-10(16-9-19)6-15-5-2/h7,9,15H,4-6,8H2,1-3H3. The first kappa shape index (κ1) is 14.3. The second-order valence-electron chi connectivity index (χ2n) is 4.50. The summed E-state index contributed by atoms with van der Waals surface area (Å²) in [5, 5.41) is 7.78. The van der Waals surface area contributed by atoms with Gasteiger partial charge in [-0.15, -0.1) is 0 Å². The van der Waals surface area contributed by atoms with Gasteiger partial charge in [-0.2, -0.15) is 5.10 Å². The lowest BCUT2D eigenvalue weighted by molar-refractivity contribution is 0.658. The van der Waals surface area contributed by atoms with E-state index in [2.05, 4.69) is 55.9 Å². The lowest BCUT2D eigenvalue weighted by atomic mass is 10.3. The van der Waals surface area contributed by atoms with Crippen molar-refractivity contribution in [1.29, 1.82) is 0 Å². The van der Waals surface area contributed by atoms with Crippen molar-refractivity contribution in [2.75, 3.05) is 6.54 Å². The molecule has 6 heteroatoms. The Morgan fingerprint density at radius 1 is 1.37 bits per heavy atom. The molecule has 0 aromatic carbocycles. The van der Waals surface area contributed by atoms with Crippen LogP contribution in [0.25, 0.3) is 0 Å². The molecule has 0 saturated heterocycles. The first-order valence-corrected chi connectivity index (χ1v) is 7.36. The molecule has 104 valence electrons. The van der Waals surface area contributed by atoms with Crippen LogP contribution >= 0.6 is 15.9 Å². The minimum absolute atomic E-state index is 0.781. The van der Waals surface area contributed by atoms with Crippen LogP contribution in [0.1, 0.15) is 30.9 Å². The molecule has 5 nitrogen and oxygen atoms in total. The van der Waals surface area contributed by atoms with Gasteiger partial charge in [0.25, 0.3) is 0 Å². The number of nitrogens with zero attached hydrogens (tertiary/aromatic N) is 4. The number of nitrogens with one attached hydrogen (secondary N) is 1. The zero-order valence-corrected chi connectivity index (χ0v) is 13.2. The van der Waals surface area contributed by atoms with Crippen LogP contribution in [0.4, 0.5) is 0 Å². The van der Waals surface area contributed by atoms with Crippen LogP contribution in [0, 0.1) is 0 Å². The minimum Gasteiger partial charge on any atom is -0.331 e. The normalized spacial score (nSPS) is 11.2. The summed E-state index contributed by atoms with van der Waals surface area (Å²) in [6.07, 6.45) is 4.88. The van der Waals surface area contributed by atoms with Crippen LogP contribution in [-0.4, -0.2) is 25.9 Å². The fourth-order valence-corrected chi connectivity index (χ4v) is 2.74. The third-order valence-corrected chi connectivity index (χ3v) is 3.99. The van der Waals surface area contributed by atoms with Crippen LogP contribution in [0.15, 0.2) is 17.0 Å². The van der Waals surface area contributed by atoms with Crippen molar-refractivity contribution in [3.05, 3.63) is 34.1 Å². The van der Waals surface area contributed by atoms with Crippen molar-refractivity contribution in [1.82, 2.24) is 24.6 Å². The number of hydrogen-bond donors (Lipinski definition) is 1. The topological polar surface area (TPSA) is 47.7 Å². The van der Waals surface area contributed by atoms with E-state index in [1.54, 1.807) is 0 Å². The van der Waals surface area contributed by atoms with Gasteiger partial charge in [-0.05, 0) is 28.9 Å². The van der Waals surface area contributed by atoms with Crippen LogP contribution in [0.3, 0.4) is 0 Å². The molecule has 1 N–H and O–H groups in total. The van der Waals surface area contributed by atoms with Gasteiger partial charge in [0.05, 0.1) is 34.4 Å². The number of aryl methyl sites for hydroxylation is 2. The molecule has 0 bridgehead atoms. The first-order chi connectivity index (χ1) is 9.15. The zero-order valence-electron chi connectivity index (χ0n) is 11.6. The van der Waals surface area contributed by atoms with Crippen molar-refractivity contribution in [3.63, 3.8) is 0 Å². The molecule has 2 aromatic rings. The second kappa shape index (κ2) is 6.34. The molecule has 0 unspecified atom stereocenters. The lowest BCUT2D eigenvalue weighted by Gasteiger charge is -2.03. The van der Waals surface area contributed by atoms with Gasteiger partial charge >= 0.3 is 0 Å². The van der Waals surface area contributed by atoms with E-state index in [4.69, 9.17) is 0 Å². The summed E-state index contributed by atoms with van der Waals surface area (Å²) in [5.41, 5.74) is 3.34. The summed E-state index contributed by atoms with van der Waals surface area (Å²) < 4.78 is 5.14. The molecule has 2 heterocycles. The average Bonchev–Trinajstić information content (AvgIpc) is 2.96. The van der Waals surface area contributed by atoms with Gasteiger partial charge in [-0.3, -0.25) is 4.68 Å². The Bertz CT molecular complexity index is 543. The summed E-state index contributed by atoms with van der Waals surface area (Å²) in [4.78, 5) is 4.39. The summed E-state index contributed by atoms with van der Waals surface area (Å²) in [6.45, 7) is 6.76. The Morgan fingerprint density at radius 3 is 2.79 bits per heavy atom. The van der Waals surface area contributed by atoms with Crippen molar-refractivity contribution >= 4 is 15.9 Å². The predicted octanol–water partition coefficient (Wildman–Crippen LogP) is 2.10. The minimum atomic E-state index is 0.781. The number of hydrogen-bond acceptors (Lipinski definition) is 3. The monoisotopic (exact) mass is 325 g/mol. The van der Waals surface area contributed by atoms with E-state index in [1.165, 1.54) is 5.69 Å². The van der Waals surface area contributed by atoms with Gasteiger partial charge in [0.2, 0.25) is 0 Å². The maximum absolute atomic E-state index is 4.50. The van der Waals surface area contributed by atoms with Gasteiger partial charge in [0, 0.05) is 19.8 Å². The molecule has 0 amide bonds. The zero-order chi connectivity index (χ0) is 13.8. The number of rotatable bonds is 6. The van der Waals surface area contributed by atoms with E-state index in [0.717, 1.165) is 41.9 Å². The van der Waals surface area contributed by atoms with Gasteiger partial charge < -0.3 is 9.88 Å². The van der Waals surface area contributed by atoms with Gasteiger partial charge in [-0.25, -0.2) is 4.98 Å². The molecule has 0 radical (unpaired) electrons. The van der Waals surface area contributed by atoms with Gasteiger partial charge in [0.1, 0.15) is 0 Å². The molecule has 0 aliphatic carbocycles. The summed E-state index contributed by atoms with van der Waals surface area (Å²) >= 11 is 3.64. The maximum Gasteiger partial charge on any atom is 0.0953 e. The van der Waals surface area contributed by atoms with Crippen LogP contribution in [0.5, 0.6) is 0 Å². The highest BCUT2D eigenvalue weighted by atomic mass is 79.9. The largest absolute Gasteiger partial charge is 0.331 e. The van der Waals surface area contributed by atoms with E-state index in [9.17, 15) is 0 Å². The summed E-state index contributed by atoms with van der Waals surface area (Å²) in [5.74, 6) is 0. The Balaban J connectivity index is 2.12. The number of imidazole rings is 1. The van der Waals surface area contributed by atoms with Crippen molar-refractivity contribution in [2.24, 2.45) is 7.05 Å². The van der Waals surface area contributed by atoms with E-state index in [-0.39, 0.29) is 0 Å². The molecule has 0 saturated carbocycles. The molecule has 0 fully saturated rings. The summed E-state index contributed by atoms with van der Waals surface area (Å²) in [6, 6.07) is 0. The molecule has 19 heavy (non-hydrogen) atoms. The number of halogens is 1. The smallest absolute Gasteiger partial charge is 0.0953 e. The molecular formula is C13H20BrN5. The molecule has 2 rings (SSSR count). The molecule has 2 aromatic heterocycles. The molecule has 0 aliphatic rings. The highest BCUT2D eigenvalue weighted by Crippen LogP contribution is 2.22. The van der Waals surface area contributed by atoms with E-state index < -0.39 is 0 Å². The third-order valence-electron chi connectivity index (χ3n) is 3.08. The fourth-order valence-electron chi connectivity index (χ4n) is 2.00. The SMILES string of the molecule is CCNCc1cn(Cc2c(Br)c(CC)nn2C)cn1. The van der Waals surface area contributed by atoms with Crippen molar-refractivity contribution < 1.29 is 0 Å². The lowest BCUT2D eigenvalue weighted by Crippen LogP contribution is -2.11. The quantitative estimate of drug-likeness (QED) is 0.884. The molecule has 0 atom stereocenters. The van der Waals surface area contributed by atoms with Gasteiger partial charge in [-0.1, -0.05) is 13.8 Å². The molecule has 0 aliphatic heterocycles. The predicted molar refractivity (Wildman–Crippen MR) is 79.0 cm³/mol. The Morgan fingerprint density at radius 2 is 2.16 bits per heavy atom.